The minimum atomic E-state index is -2.17. The summed E-state index contributed by atoms with van der Waals surface area (Å²) in [5, 5.41) is 3.55. The number of aryl methyl sites for hydroxylation is 1. The fourth-order valence-corrected chi connectivity index (χ4v) is 9.18. The molecule has 0 amide bonds. The number of aromatic nitrogens is 3. The predicted molar refractivity (Wildman–Crippen MR) is 236 cm³/mol. The molecule has 0 bridgehead atoms. The van der Waals surface area contributed by atoms with Crippen LogP contribution >= 0.6 is 11.3 Å². The summed E-state index contributed by atoms with van der Waals surface area (Å²) in [7, 11) is -1.81. The van der Waals surface area contributed by atoms with E-state index in [0.717, 1.165) is 33.3 Å². The second kappa shape index (κ2) is 15.7. The molecule has 283 valence electrons. The Hall–Kier alpha value is -4.19. The molecule has 3 nitrogen and oxygen atoms in total. The van der Waals surface area contributed by atoms with Crippen molar-refractivity contribution in [3.63, 3.8) is 0 Å². The molecule has 8 rings (SSSR count). The Morgan fingerprint density at radius 3 is 2.16 bits per heavy atom. The topological polar surface area (TPSA) is 30.7 Å². The first kappa shape index (κ1) is 34.1. The van der Waals surface area contributed by atoms with Gasteiger partial charge in [0.1, 0.15) is 0 Å². The number of hydrogen-bond donors (Lipinski definition) is 0. The summed E-state index contributed by atoms with van der Waals surface area (Å²) in [6.07, 6.45) is 0.269. The first-order valence-electron chi connectivity index (χ1n) is 21.0. The third kappa shape index (κ3) is 8.95. The summed E-state index contributed by atoms with van der Waals surface area (Å²) in [6, 6.07) is 43.2. The molecule has 5 aromatic carbocycles. The average Bonchev–Trinajstić information content (AvgIpc) is 3.75. The number of rotatable bonds is 5. The monoisotopic (exact) mass is 939 g/mol. The Kier molecular flexibility index (Phi) is 9.76. The molecular weight excluding hydrogens is 883 g/mol. The van der Waals surface area contributed by atoms with Crippen molar-refractivity contribution >= 4 is 55.8 Å². The Morgan fingerprint density at radius 2 is 1.49 bits per heavy atom. The van der Waals surface area contributed by atoms with Gasteiger partial charge in [-0.3, -0.25) is 4.98 Å². The van der Waals surface area contributed by atoms with Crippen LogP contribution in [0.15, 0.2) is 115 Å². The van der Waals surface area contributed by atoms with E-state index in [1.807, 2.05) is 44.2 Å². The molecule has 3 aromatic heterocycles. The van der Waals surface area contributed by atoms with E-state index in [-0.39, 0.29) is 31.1 Å². The van der Waals surface area contributed by atoms with Crippen LogP contribution in [-0.4, -0.2) is 22.6 Å². The zero-order valence-corrected chi connectivity index (χ0v) is 37.3. The molecule has 0 aliphatic rings. The summed E-state index contributed by atoms with van der Waals surface area (Å²) < 4.78 is 44.9. The maximum absolute atomic E-state index is 8.79. The first-order chi connectivity index (χ1) is 27.5. The van der Waals surface area contributed by atoms with Gasteiger partial charge in [0.25, 0.3) is 0 Å². The van der Waals surface area contributed by atoms with Crippen LogP contribution < -0.4 is 5.19 Å². The number of hydrogen-bond acceptors (Lipinski definition) is 3. The van der Waals surface area contributed by atoms with Gasteiger partial charge in [-0.1, -0.05) is 128 Å². The molecule has 3 heterocycles. The molecule has 0 aliphatic heterocycles. The second-order valence-corrected chi connectivity index (χ2v) is 23.1. The minimum Gasteiger partial charge on any atom is -0.333 e. The van der Waals surface area contributed by atoms with Crippen LogP contribution in [0.4, 0.5) is 0 Å². The number of benzene rings is 5. The second-order valence-electron chi connectivity index (χ2n) is 17.0. The Balaban J connectivity index is 0.000000201. The number of nitrogens with zero attached hydrogens (tertiary/aromatic N) is 3. The first-order valence-corrected chi connectivity index (χ1v) is 22.8. The van der Waals surface area contributed by atoms with Crippen LogP contribution in [0.3, 0.4) is 0 Å². The van der Waals surface area contributed by atoms with Crippen molar-refractivity contribution < 1.29 is 27.0 Å². The number of fused-ring (bicyclic) bond motifs is 4. The Morgan fingerprint density at radius 1 is 0.782 bits per heavy atom. The minimum absolute atomic E-state index is 0. The molecule has 0 unspecified atom stereocenters. The third-order valence-electron chi connectivity index (χ3n) is 9.41. The van der Waals surface area contributed by atoms with E-state index in [1.165, 1.54) is 31.8 Å². The zero-order valence-electron chi connectivity index (χ0n) is 38.1. The van der Waals surface area contributed by atoms with Crippen molar-refractivity contribution in [2.24, 2.45) is 5.41 Å². The predicted octanol–water partition coefficient (Wildman–Crippen LogP) is 13.1. The Bertz CT molecular complexity index is 2790. The maximum Gasteiger partial charge on any atom is 0.0798 e. The molecular formula is C49H51IrN3SSi-2. The SMILES string of the molecule is CC(C)(C)c1ccc(-n2c(-c3[c-]cc4c(c3)sc3ccccc34)nc3ccccc32)cc1.[2H]C([2H])([2H])c1c[c-]c(-c2cc(C([2H])([2H])C(C)(C)C)c([Si](C)(C)C)cn2)cc1.[Ir]. The van der Waals surface area contributed by atoms with Gasteiger partial charge in [-0.25, -0.2) is 0 Å². The van der Waals surface area contributed by atoms with Gasteiger partial charge in [0, 0.05) is 43.5 Å². The van der Waals surface area contributed by atoms with E-state index in [9.17, 15) is 0 Å². The van der Waals surface area contributed by atoms with Crippen molar-refractivity contribution in [2.45, 2.75) is 79.8 Å². The van der Waals surface area contributed by atoms with Crippen molar-refractivity contribution in [2.75, 3.05) is 0 Å². The van der Waals surface area contributed by atoms with E-state index in [0.29, 0.717) is 16.8 Å². The van der Waals surface area contributed by atoms with Crippen molar-refractivity contribution in [3.8, 4) is 28.3 Å². The fourth-order valence-electron chi connectivity index (χ4n) is 6.66. The number of para-hydroxylation sites is 2. The largest absolute Gasteiger partial charge is 0.333 e. The summed E-state index contributed by atoms with van der Waals surface area (Å²) in [4.78, 5) is 9.59. The average molecular weight is 939 g/mol. The molecule has 6 heteroatoms. The normalized spacial score (nSPS) is 13.9. The fraction of sp³-hybridized carbons (Fsp3) is 0.265. The van der Waals surface area contributed by atoms with E-state index < -0.39 is 26.7 Å². The molecule has 0 saturated carbocycles. The van der Waals surface area contributed by atoms with Crippen LogP contribution in [0.1, 0.15) is 65.1 Å². The van der Waals surface area contributed by atoms with Crippen molar-refractivity contribution in [1.82, 2.24) is 14.5 Å². The summed E-state index contributed by atoms with van der Waals surface area (Å²) in [5.41, 5.74) is 7.28. The van der Waals surface area contributed by atoms with Gasteiger partial charge < -0.3 is 9.55 Å². The summed E-state index contributed by atoms with van der Waals surface area (Å²) in [6.45, 7) is 16.8. The van der Waals surface area contributed by atoms with Gasteiger partial charge in [0.2, 0.25) is 0 Å². The van der Waals surface area contributed by atoms with Crippen LogP contribution in [0, 0.1) is 24.4 Å². The van der Waals surface area contributed by atoms with Crippen LogP contribution in [0.5, 0.6) is 0 Å². The van der Waals surface area contributed by atoms with Crippen molar-refractivity contribution in [3.05, 3.63) is 144 Å². The van der Waals surface area contributed by atoms with Gasteiger partial charge in [0.15, 0.2) is 0 Å². The molecule has 0 saturated heterocycles. The van der Waals surface area contributed by atoms with Crippen LogP contribution in [0.25, 0.3) is 59.5 Å². The number of imidazole rings is 1. The molecule has 8 aromatic rings. The van der Waals surface area contributed by atoms with Gasteiger partial charge in [-0.2, -0.15) is 11.3 Å². The smallest absolute Gasteiger partial charge is 0.0798 e. The maximum atomic E-state index is 8.79. The summed E-state index contributed by atoms with van der Waals surface area (Å²) in [5.74, 6) is 0.925. The third-order valence-corrected chi connectivity index (χ3v) is 12.6. The molecule has 0 spiro atoms. The van der Waals surface area contributed by atoms with Gasteiger partial charge >= 0.3 is 0 Å². The standard InChI is InChI=1S/C29H23N2S.C20H28NSi.Ir/c1-29(2,3)20-13-15-21(16-14-20)31-25-10-6-5-9-24(25)30-28(31)19-12-17-23-22-8-4-7-11-26(22)32-27(23)18-19;1-15-8-10-16(11-9-15)18-12-17(13-20(2,3)4)19(14-21-18)22(5,6)7;/h4-11,13-18H,1-3H3;8-10,12,14H,13H2,1-7H3;/q2*-1;/i;1D3,13D2;. The summed E-state index contributed by atoms with van der Waals surface area (Å²) >= 11 is 1.83. The molecule has 0 fully saturated rings. The molecule has 0 N–H and O–H groups in total. The van der Waals surface area contributed by atoms with Crippen LogP contribution in [-0.2, 0) is 31.9 Å². The quantitative estimate of drug-likeness (QED) is 0.127. The number of thiophene rings is 1. The molecule has 1 radical (unpaired) electrons. The molecule has 0 atom stereocenters. The number of pyridine rings is 1. The Labute approximate surface area is 353 Å². The zero-order chi connectivity index (χ0) is 42.7. The van der Waals surface area contributed by atoms with E-state index in [1.54, 1.807) is 18.3 Å². The van der Waals surface area contributed by atoms with E-state index in [4.69, 9.17) is 11.8 Å². The van der Waals surface area contributed by atoms with E-state index >= 15 is 0 Å². The molecule has 0 aliphatic carbocycles. The van der Waals surface area contributed by atoms with Gasteiger partial charge in [-0.15, -0.1) is 59.2 Å². The molecule has 55 heavy (non-hydrogen) atoms. The van der Waals surface area contributed by atoms with Gasteiger partial charge in [0.05, 0.1) is 24.9 Å². The van der Waals surface area contributed by atoms with Gasteiger partial charge in [-0.05, 0) is 74.1 Å². The van der Waals surface area contributed by atoms with E-state index in [2.05, 4.69) is 141 Å². The van der Waals surface area contributed by atoms with Crippen LogP contribution in [0.2, 0.25) is 19.6 Å². The van der Waals surface area contributed by atoms with Crippen molar-refractivity contribution in [1.29, 1.82) is 0 Å².